The monoisotopic (exact) mass is 495 g/mol. The van der Waals surface area contributed by atoms with Crippen molar-refractivity contribution in [2.45, 2.75) is 19.4 Å². The maximum absolute atomic E-state index is 13.5. The number of nitrogens with two attached hydrogens (primary N) is 1. The molecule has 0 aliphatic heterocycles. The normalized spacial score (nSPS) is 11.0. The second-order valence-corrected chi connectivity index (χ2v) is 8.58. The highest BCUT2D eigenvalue weighted by molar-refractivity contribution is 5.95. The molecule has 0 saturated carbocycles. The van der Waals surface area contributed by atoms with Crippen LogP contribution in [0.5, 0.6) is 0 Å². The maximum atomic E-state index is 13.5. The number of fused-ring (bicyclic) bond motifs is 1. The van der Waals surface area contributed by atoms with Crippen molar-refractivity contribution in [1.29, 1.82) is 0 Å². The maximum Gasteiger partial charge on any atom is 0.253 e. The van der Waals surface area contributed by atoms with E-state index in [0.717, 1.165) is 39.7 Å². The molecular weight excluding hydrogens is 472 g/mol. The van der Waals surface area contributed by atoms with Crippen molar-refractivity contribution in [3.05, 3.63) is 119 Å². The first-order chi connectivity index (χ1) is 18.0. The van der Waals surface area contributed by atoms with Crippen molar-refractivity contribution in [3.63, 3.8) is 0 Å². The SMILES string of the molecule is Nc1ncnc2ccc(-c3ccccc3CCc3ncccc3C(=O)NCc3ccc(F)c(F)c3)cc12. The Morgan fingerprint density at radius 1 is 0.865 bits per heavy atom. The summed E-state index contributed by atoms with van der Waals surface area (Å²) < 4.78 is 26.7. The van der Waals surface area contributed by atoms with E-state index in [9.17, 15) is 13.6 Å². The Labute approximate surface area is 212 Å². The Hall–Kier alpha value is -4.72. The number of nitrogens with one attached hydrogen (secondary N) is 1. The highest BCUT2D eigenvalue weighted by atomic mass is 19.2. The molecule has 0 atom stereocenters. The van der Waals surface area contributed by atoms with Crippen LogP contribution < -0.4 is 11.1 Å². The lowest BCUT2D eigenvalue weighted by atomic mass is 9.94. The zero-order valence-electron chi connectivity index (χ0n) is 19.8. The number of aryl methyl sites for hydroxylation is 2. The van der Waals surface area contributed by atoms with Crippen LogP contribution in [0.2, 0.25) is 0 Å². The van der Waals surface area contributed by atoms with Crippen molar-refractivity contribution in [1.82, 2.24) is 20.3 Å². The summed E-state index contributed by atoms with van der Waals surface area (Å²) in [5.41, 5.74) is 11.5. The third-order valence-corrected chi connectivity index (χ3v) is 6.20. The smallest absolute Gasteiger partial charge is 0.253 e. The Balaban J connectivity index is 1.34. The van der Waals surface area contributed by atoms with E-state index in [-0.39, 0.29) is 12.5 Å². The number of carbonyl (C=O) groups excluding carboxylic acids is 1. The molecule has 0 aliphatic carbocycles. The van der Waals surface area contributed by atoms with E-state index in [4.69, 9.17) is 5.73 Å². The zero-order chi connectivity index (χ0) is 25.8. The van der Waals surface area contributed by atoms with Gasteiger partial charge in [-0.05, 0) is 71.5 Å². The molecule has 37 heavy (non-hydrogen) atoms. The molecule has 3 aromatic carbocycles. The quantitative estimate of drug-likeness (QED) is 0.321. The van der Waals surface area contributed by atoms with Gasteiger partial charge in [0.15, 0.2) is 11.6 Å². The number of anilines is 1. The van der Waals surface area contributed by atoms with Crippen molar-refractivity contribution in [2.24, 2.45) is 0 Å². The number of hydrogen-bond acceptors (Lipinski definition) is 5. The Morgan fingerprint density at radius 3 is 2.59 bits per heavy atom. The lowest BCUT2D eigenvalue weighted by Crippen LogP contribution is -2.24. The van der Waals surface area contributed by atoms with Crippen molar-refractivity contribution >= 4 is 22.6 Å². The van der Waals surface area contributed by atoms with Gasteiger partial charge in [0.2, 0.25) is 0 Å². The second kappa shape index (κ2) is 10.5. The first-order valence-corrected chi connectivity index (χ1v) is 11.7. The first kappa shape index (κ1) is 24.0. The van der Waals surface area contributed by atoms with Crippen LogP contribution in [0.25, 0.3) is 22.0 Å². The fourth-order valence-corrected chi connectivity index (χ4v) is 4.29. The second-order valence-electron chi connectivity index (χ2n) is 8.58. The number of rotatable bonds is 7. The minimum atomic E-state index is -0.950. The molecule has 8 heteroatoms. The molecule has 6 nitrogen and oxygen atoms in total. The number of nitrogens with zero attached hydrogens (tertiary/aromatic N) is 3. The molecule has 0 radical (unpaired) electrons. The summed E-state index contributed by atoms with van der Waals surface area (Å²) in [4.78, 5) is 25.7. The van der Waals surface area contributed by atoms with Crippen LogP contribution in [0.1, 0.15) is 27.2 Å². The van der Waals surface area contributed by atoms with Gasteiger partial charge in [0, 0.05) is 18.1 Å². The van der Waals surface area contributed by atoms with Gasteiger partial charge in [0.05, 0.1) is 16.8 Å². The number of halogens is 2. The topological polar surface area (TPSA) is 93.8 Å². The van der Waals surface area contributed by atoms with Crippen LogP contribution in [0, 0.1) is 11.6 Å². The fourth-order valence-electron chi connectivity index (χ4n) is 4.29. The highest BCUT2D eigenvalue weighted by Crippen LogP contribution is 2.29. The first-order valence-electron chi connectivity index (χ1n) is 11.7. The van der Waals surface area contributed by atoms with E-state index in [2.05, 4.69) is 26.3 Å². The molecule has 184 valence electrons. The van der Waals surface area contributed by atoms with Crippen LogP contribution in [0.3, 0.4) is 0 Å². The molecule has 0 fully saturated rings. The van der Waals surface area contributed by atoms with Gasteiger partial charge in [-0.1, -0.05) is 36.4 Å². The zero-order valence-corrected chi connectivity index (χ0v) is 19.8. The third-order valence-electron chi connectivity index (χ3n) is 6.20. The summed E-state index contributed by atoms with van der Waals surface area (Å²) in [7, 11) is 0. The third kappa shape index (κ3) is 5.28. The van der Waals surface area contributed by atoms with E-state index in [1.165, 1.54) is 12.4 Å². The highest BCUT2D eigenvalue weighted by Gasteiger charge is 2.14. The number of nitrogen functional groups attached to an aromatic ring is 1. The molecule has 0 aliphatic rings. The number of pyridine rings is 1. The number of aromatic nitrogens is 3. The van der Waals surface area contributed by atoms with Crippen molar-refractivity contribution < 1.29 is 13.6 Å². The van der Waals surface area contributed by atoms with Gasteiger partial charge in [0.25, 0.3) is 5.91 Å². The van der Waals surface area contributed by atoms with Gasteiger partial charge in [-0.15, -0.1) is 0 Å². The van der Waals surface area contributed by atoms with Crippen molar-refractivity contribution in [3.8, 4) is 11.1 Å². The summed E-state index contributed by atoms with van der Waals surface area (Å²) >= 11 is 0. The van der Waals surface area contributed by atoms with E-state index in [1.807, 2.05) is 36.4 Å². The molecule has 5 aromatic rings. The molecular formula is C29H23F2N5O. The molecule has 0 spiro atoms. The van der Waals surface area contributed by atoms with Crippen LogP contribution in [0.4, 0.5) is 14.6 Å². The molecule has 0 saturated heterocycles. The minimum absolute atomic E-state index is 0.0714. The number of benzene rings is 3. The molecule has 5 rings (SSSR count). The lowest BCUT2D eigenvalue weighted by Gasteiger charge is -2.13. The summed E-state index contributed by atoms with van der Waals surface area (Å²) in [5, 5.41) is 3.56. The lowest BCUT2D eigenvalue weighted by molar-refractivity contribution is 0.0949. The van der Waals surface area contributed by atoms with E-state index in [0.29, 0.717) is 35.5 Å². The minimum Gasteiger partial charge on any atom is -0.383 e. The van der Waals surface area contributed by atoms with Gasteiger partial charge in [-0.2, -0.15) is 0 Å². The summed E-state index contributed by atoms with van der Waals surface area (Å²) in [6, 6.07) is 20.9. The molecule has 2 heterocycles. The van der Waals surface area contributed by atoms with Crippen LogP contribution in [-0.4, -0.2) is 20.9 Å². The predicted molar refractivity (Wildman–Crippen MR) is 139 cm³/mol. The molecule has 0 unspecified atom stereocenters. The number of carbonyl (C=O) groups is 1. The van der Waals surface area contributed by atoms with Gasteiger partial charge < -0.3 is 11.1 Å². The number of hydrogen-bond donors (Lipinski definition) is 2. The van der Waals surface area contributed by atoms with E-state index >= 15 is 0 Å². The molecule has 3 N–H and O–H groups in total. The van der Waals surface area contributed by atoms with Crippen LogP contribution >= 0.6 is 0 Å². The van der Waals surface area contributed by atoms with E-state index < -0.39 is 11.6 Å². The Morgan fingerprint density at radius 2 is 1.73 bits per heavy atom. The summed E-state index contributed by atoms with van der Waals surface area (Å²) in [5.74, 6) is -1.78. The van der Waals surface area contributed by atoms with Crippen LogP contribution in [-0.2, 0) is 19.4 Å². The predicted octanol–water partition coefficient (Wildman–Crippen LogP) is 5.27. The van der Waals surface area contributed by atoms with Crippen LogP contribution in [0.15, 0.2) is 85.3 Å². The summed E-state index contributed by atoms with van der Waals surface area (Å²) in [6.45, 7) is 0.0714. The van der Waals surface area contributed by atoms with Gasteiger partial charge in [-0.25, -0.2) is 18.7 Å². The number of amides is 1. The molecule has 0 bridgehead atoms. The van der Waals surface area contributed by atoms with Gasteiger partial charge in [0.1, 0.15) is 12.1 Å². The Kier molecular flexibility index (Phi) is 6.81. The van der Waals surface area contributed by atoms with Gasteiger partial charge >= 0.3 is 0 Å². The Bertz CT molecular complexity index is 1610. The standard InChI is InChI=1S/C29H23F2N5O/c30-24-10-7-18(14-25(24)31)16-34-29(37)22-6-3-13-33-26(22)11-8-19-4-1-2-5-21(19)20-9-12-27-23(15-20)28(32)36-17-35-27/h1-7,9-10,12-15,17H,8,11,16H2,(H,34,37)(H2,32,35,36). The average Bonchev–Trinajstić information content (AvgIpc) is 2.93. The van der Waals surface area contributed by atoms with E-state index in [1.54, 1.807) is 18.3 Å². The van der Waals surface area contributed by atoms with Crippen molar-refractivity contribution in [2.75, 3.05) is 5.73 Å². The summed E-state index contributed by atoms with van der Waals surface area (Å²) in [6.07, 6.45) is 4.28. The van der Waals surface area contributed by atoms with Gasteiger partial charge in [-0.3, -0.25) is 9.78 Å². The largest absolute Gasteiger partial charge is 0.383 e. The molecule has 2 aromatic heterocycles. The fraction of sp³-hybridized carbons (Fsp3) is 0.103. The molecule has 1 amide bonds. The average molecular weight is 496 g/mol.